The monoisotopic (exact) mass is 1630 g/mol. The molecule has 650 valence electrons. The number of hydrogen-bond acceptors (Lipinski definition) is 39. The van der Waals surface area contributed by atoms with Crippen LogP contribution in [-0.4, -0.2) is 398 Å². The molecule has 22 N–H and O–H groups in total. The van der Waals surface area contributed by atoms with Crippen LogP contribution in [0.4, 0.5) is 0 Å². The van der Waals surface area contributed by atoms with Gasteiger partial charge in [-0.25, -0.2) is 0 Å². The molecule has 0 aromatic rings. The van der Waals surface area contributed by atoms with Crippen LogP contribution < -0.4 is 0 Å². The Bertz CT molecular complexity index is 3230. The lowest BCUT2D eigenvalue weighted by Crippen LogP contribution is -2.69. The zero-order valence-corrected chi connectivity index (χ0v) is 64.3. The van der Waals surface area contributed by atoms with Crippen molar-refractivity contribution in [3.05, 3.63) is 11.6 Å². The molecule has 12 fully saturated rings. The van der Waals surface area contributed by atoms with Crippen molar-refractivity contribution in [3.8, 4) is 0 Å². The number of ether oxygens (including phenoxy) is 16. The molecule has 4 saturated carbocycles. The van der Waals surface area contributed by atoms with Gasteiger partial charge in [-0.2, -0.15) is 0 Å². The normalized spacial score (nSPS) is 54.7. The first-order chi connectivity index (χ1) is 53.1. The van der Waals surface area contributed by atoms with E-state index >= 15 is 4.79 Å². The molecule has 0 bridgehead atoms. The van der Waals surface area contributed by atoms with Crippen LogP contribution in [0.5, 0.6) is 0 Å². The summed E-state index contributed by atoms with van der Waals surface area (Å²) < 4.78 is 95.9. The topological polar surface area (TPSA) is 610 Å². The van der Waals surface area contributed by atoms with E-state index in [0.717, 1.165) is 5.57 Å². The zero-order valence-electron chi connectivity index (χ0n) is 64.3. The van der Waals surface area contributed by atoms with Crippen molar-refractivity contribution in [2.45, 2.75) is 347 Å². The summed E-state index contributed by atoms with van der Waals surface area (Å²) in [5, 5.41) is 244. The number of hydrogen-bond donors (Lipinski definition) is 22. The number of fused-ring (bicyclic) bond motifs is 7. The highest BCUT2D eigenvalue weighted by Gasteiger charge is 2.73. The second-order valence-corrected chi connectivity index (χ2v) is 35.8. The summed E-state index contributed by atoms with van der Waals surface area (Å²) in [7, 11) is 0. The van der Waals surface area contributed by atoms with Gasteiger partial charge in [-0.05, 0) is 110 Å². The molecule has 0 radical (unpaired) electrons. The van der Waals surface area contributed by atoms with Gasteiger partial charge in [0.1, 0.15) is 164 Å². The molecule has 0 spiro atoms. The summed E-state index contributed by atoms with van der Waals surface area (Å²) in [4.78, 5) is 16.0. The number of aliphatic hydroxyl groups excluding tert-OH is 22. The largest absolute Gasteiger partial charge is 0.432 e. The van der Waals surface area contributed by atoms with E-state index in [2.05, 4.69) is 54.5 Å². The fraction of sp³-hybridized carbons (Fsp3) is 0.959. The van der Waals surface area contributed by atoms with Crippen LogP contribution in [0.3, 0.4) is 0 Å². The van der Waals surface area contributed by atoms with Crippen LogP contribution in [0.25, 0.3) is 0 Å². The number of carbonyl (C=O) groups excluding carboxylic acids is 1. The quantitative estimate of drug-likeness (QED) is 0.0324. The highest BCUT2D eigenvalue weighted by atomic mass is 16.8. The van der Waals surface area contributed by atoms with Crippen LogP contribution >= 0.6 is 0 Å². The molecular weight excluding hydrogens is 1510 g/mol. The number of rotatable bonds is 19. The number of aliphatic hydroxyl groups is 22. The Hall–Kier alpha value is -2.27. The van der Waals surface area contributed by atoms with Crippen molar-refractivity contribution >= 4 is 5.97 Å². The van der Waals surface area contributed by atoms with Gasteiger partial charge in [-0.3, -0.25) is 4.79 Å². The average Bonchev–Trinajstić information content (AvgIpc) is 0.669. The minimum absolute atomic E-state index is 0.0325. The van der Waals surface area contributed by atoms with E-state index in [-0.39, 0.29) is 24.7 Å². The van der Waals surface area contributed by atoms with E-state index < -0.39 is 324 Å². The van der Waals surface area contributed by atoms with E-state index in [9.17, 15) is 112 Å². The zero-order chi connectivity index (χ0) is 82.2. The van der Waals surface area contributed by atoms with E-state index in [1.807, 2.05) is 0 Å². The molecule has 39 nitrogen and oxygen atoms in total. The average molecular weight is 1630 g/mol. The molecule has 13 aliphatic rings. The third kappa shape index (κ3) is 15.8. The van der Waals surface area contributed by atoms with Crippen LogP contribution in [0, 0.1) is 50.2 Å². The molecule has 113 heavy (non-hydrogen) atoms. The molecule has 0 unspecified atom stereocenters. The number of allylic oxidation sites excluding steroid dienone is 2. The van der Waals surface area contributed by atoms with Crippen LogP contribution in [0.15, 0.2) is 11.6 Å². The van der Waals surface area contributed by atoms with Gasteiger partial charge >= 0.3 is 5.97 Å². The Morgan fingerprint density at radius 1 is 0.425 bits per heavy atom. The summed E-state index contributed by atoms with van der Waals surface area (Å²) in [6, 6.07) is 0. The molecule has 39 heteroatoms. The first-order valence-corrected chi connectivity index (χ1v) is 39.5. The summed E-state index contributed by atoms with van der Waals surface area (Å²) in [5.74, 6) is -1.74. The van der Waals surface area contributed by atoms with Crippen LogP contribution in [0.2, 0.25) is 0 Å². The molecule has 8 saturated heterocycles. The lowest BCUT2D eigenvalue weighted by molar-refractivity contribution is -0.401. The third-order valence-electron chi connectivity index (χ3n) is 28.3. The summed E-state index contributed by atoms with van der Waals surface area (Å²) in [6.07, 6.45) is -59.7. The van der Waals surface area contributed by atoms with Gasteiger partial charge in [-0.1, -0.05) is 60.1 Å². The van der Waals surface area contributed by atoms with Crippen molar-refractivity contribution in [1.29, 1.82) is 0 Å². The van der Waals surface area contributed by atoms with Gasteiger partial charge < -0.3 is 188 Å². The maximum Gasteiger partial charge on any atom is 0.317 e. The summed E-state index contributed by atoms with van der Waals surface area (Å²) in [6.45, 7) is 12.0. The predicted octanol–water partition coefficient (Wildman–Crippen LogP) is -8.18. The maximum absolute atomic E-state index is 16.0. The Morgan fingerprint density at radius 2 is 0.903 bits per heavy atom. The molecule has 5 aliphatic carbocycles. The first-order valence-electron chi connectivity index (χ1n) is 39.5. The minimum atomic E-state index is -2.14. The fourth-order valence-corrected chi connectivity index (χ4v) is 21.3. The Balaban J connectivity index is 0.726. The van der Waals surface area contributed by atoms with Gasteiger partial charge in [0, 0.05) is 0 Å². The standard InChI is InChI=1S/C74H120O39/c1-26-55(108-62-54(96)56(32(80)24-100-62)109-60-49(91)40(82)29(77)21-98-60)53(95)59(111-64-52(94)46(88)43(85)33(19-75)104-64)66(103-26)112-58-48(90)44(86)34(20-76)105-67(58)113-68(97)74-16-15-69(2,3)17-28(74)27-9-10-37-71(6)13-12-39(70(4,5)36(71)11-14-72(37,7)73(27,8)18-38(74)81)107-63-51(93)47(89)45(87)35(106-63)25-102-65-57(42(84)31(79)23-101-65)110-61-50(92)41(83)30(78)22-99-61/h9,26,28-67,75-96H,10-25H2,1-8H3/t26-,28+,29+,30+,31-,32+,33+,34+,35+,36+,37+,38+,39-,40-,41-,42-,43-,44+,45+,46+,47-,48-,49+,50+,51+,52+,53+,54+,55-,56-,57+,58+,59+,60-,61-,62-,63-,64-,65-,66-,67-,71-,72+,73+,74+/m0/s1. The van der Waals surface area contributed by atoms with Crippen molar-refractivity contribution in [3.63, 3.8) is 0 Å². The van der Waals surface area contributed by atoms with Crippen molar-refractivity contribution in [1.82, 2.24) is 0 Å². The SMILES string of the molecule is C[C@@H]1O[C@@H](O[C@H]2[C@H](OC(=O)[C@]34CCC(C)(C)C[C@@H]3C3=CC[C@@H]5[C@@]6(C)CC[C@H](O[C@@H]7O[C@H](CO[C@@H]8OC[C@H](O)[C@H](O)[C@H]8O[C@@H]8OC[C@@H](O)[C@H](O)[C@H]8O)[C@@H](O)[C@H](O)[C@H]7O)C(C)(C)[C@H]6CC[C@@]5(C)[C@]3(C)C[C@H]4O)O[C@H](CO)[C@@H](O)[C@@H]2O)[C@H](O[C@@H]2O[C@H](CO)[C@H](O)[C@@H](O)[C@H]2O)[C@H](O)[C@H]1O[C@@H]1OC[C@@H](O)[C@H](O[C@@H]2OC[C@@H](O)[C@H](O)[C@H]2O)[C@H]1O. The van der Waals surface area contributed by atoms with Gasteiger partial charge in [-0.15, -0.1) is 0 Å². The smallest absolute Gasteiger partial charge is 0.317 e. The summed E-state index contributed by atoms with van der Waals surface area (Å²) in [5.41, 5.74) is -3.56. The molecular formula is C74H120O39. The Kier molecular flexibility index (Phi) is 26.5. The molecule has 0 aromatic heterocycles. The third-order valence-corrected chi connectivity index (χ3v) is 28.3. The van der Waals surface area contributed by atoms with Crippen molar-refractivity contribution in [2.75, 3.05) is 46.2 Å². The lowest BCUT2D eigenvalue weighted by atomic mass is 9.33. The summed E-state index contributed by atoms with van der Waals surface area (Å²) >= 11 is 0. The Labute approximate surface area is 651 Å². The van der Waals surface area contributed by atoms with E-state index in [0.29, 0.717) is 44.9 Å². The molecule has 8 aliphatic heterocycles. The van der Waals surface area contributed by atoms with E-state index in [1.165, 1.54) is 6.92 Å². The van der Waals surface area contributed by atoms with Crippen LogP contribution in [0.1, 0.15) is 113 Å². The van der Waals surface area contributed by atoms with E-state index in [1.54, 1.807) is 0 Å². The van der Waals surface area contributed by atoms with Crippen LogP contribution in [-0.2, 0) is 80.6 Å². The van der Waals surface area contributed by atoms with Crippen molar-refractivity contribution in [2.24, 2.45) is 50.2 Å². The first kappa shape index (κ1) is 88.5. The number of carbonyl (C=O) groups is 1. The second kappa shape index (κ2) is 33.9. The molecule has 45 atom stereocenters. The fourth-order valence-electron chi connectivity index (χ4n) is 21.3. The molecule has 0 amide bonds. The molecule has 0 aromatic carbocycles. The number of esters is 1. The van der Waals surface area contributed by atoms with Gasteiger partial charge in [0.2, 0.25) is 6.29 Å². The Morgan fingerprint density at radius 3 is 1.51 bits per heavy atom. The highest BCUT2D eigenvalue weighted by molar-refractivity contribution is 5.80. The minimum Gasteiger partial charge on any atom is -0.432 e. The van der Waals surface area contributed by atoms with Crippen molar-refractivity contribution < 1.29 is 193 Å². The second-order valence-electron chi connectivity index (χ2n) is 35.8. The predicted molar refractivity (Wildman–Crippen MR) is 369 cm³/mol. The lowest BCUT2D eigenvalue weighted by Gasteiger charge is -2.71. The highest BCUT2D eigenvalue weighted by Crippen LogP contribution is 2.76. The molecule has 8 heterocycles. The van der Waals surface area contributed by atoms with Gasteiger partial charge in [0.05, 0.1) is 64.6 Å². The molecule has 13 rings (SSSR count). The maximum atomic E-state index is 16.0. The van der Waals surface area contributed by atoms with E-state index in [4.69, 9.17) is 75.8 Å². The van der Waals surface area contributed by atoms with Gasteiger partial charge in [0.25, 0.3) is 0 Å². The van der Waals surface area contributed by atoms with Gasteiger partial charge in [0.15, 0.2) is 50.1 Å².